The van der Waals surface area contributed by atoms with E-state index < -0.39 is 0 Å². The molecule has 0 fully saturated rings. The van der Waals surface area contributed by atoms with Crippen molar-refractivity contribution in [2.45, 2.75) is 19.8 Å². The summed E-state index contributed by atoms with van der Waals surface area (Å²) in [7, 11) is 0. The van der Waals surface area contributed by atoms with Gasteiger partial charge in [0.15, 0.2) is 0 Å². The largest absolute Gasteiger partial charge is 0.395 e. The van der Waals surface area contributed by atoms with Gasteiger partial charge in [0.25, 0.3) is 0 Å². The number of hydrogen-bond donors (Lipinski definition) is 2. The lowest BCUT2D eigenvalue weighted by Crippen LogP contribution is -2.14. The highest BCUT2D eigenvalue weighted by Crippen LogP contribution is 2.09. The van der Waals surface area contributed by atoms with E-state index in [1.807, 2.05) is 0 Å². The number of benzene rings is 1. The van der Waals surface area contributed by atoms with Crippen molar-refractivity contribution in [2.24, 2.45) is 0 Å². The number of amides is 1. The monoisotopic (exact) mass is 245 g/mol. The molecule has 1 aromatic rings. The third kappa shape index (κ3) is 5.28. The lowest BCUT2D eigenvalue weighted by atomic mass is 10.2. The van der Waals surface area contributed by atoms with E-state index in [1.165, 1.54) is 6.92 Å². The van der Waals surface area contributed by atoms with Crippen molar-refractivity contribution in [3.8, 4) is 11.8 Å². The molecular formula is C14H15NO3. The van der Waals surface area contributed by atoms with E-state index in [2.05, 4.69) is 17.2 Å². The third-order valence-corrected chi connectivity index (χ3v) is 2.05. The molecule has 94 valence electrons. The second kappa shape index (κ2) is 7.25. The van der Waals surface area contributed by atoms with Crippen LogP contribution in [0.25, 0.3) is 0 Å². The van der Waals surface area contributed by atoms with Crippen LogP contribution in [0, 0.1) is 11.8 Å². The average Bonchev–Trinajstić information content (AvgIpc) is 2.30. The Morgan fingerprint density at radius 2 is 1.94 bits per heavy atom. The highest BCUT2D eigenvalue weighted by Gasteiger charge is 2.04. The van der Waals surface area contributed by atoms with Crippen LogP contribution in [0.2, 0.25) is 0 Å². The van der Waals surface area contributed by atoms with Crippen molar-refractivity contribution in [3.63, 3.8) is 0 Å². The van der Waals surface area contributed by atoms with Crippen molar-refractivity contribution in [1.82, 2.24) is 0 Å². The molecule has 0 atom stereocenters. The lowest BCUT2D eigenvalue weighted by Gasteiger charge is -2.03. The molecule has 18 heavy (non-hydrogen) atoms. The van der Waals surface area contributed by atoms with Gasteiger partial charge in [0, 0.05) is 17.7 Å². The van der Waals surface area contributed by atoms with Gasteiger partial charge in [-0.25, -0.2) is 0 Å². The van der Waals surface area contributed by atoms with Crippen LogP contribution >= 0.6 is 0 Å². The second-order valence-corrected chi connectivity index (χ2v) is 3.78. The number of carbonyl (C=O) groups is 2. The van der Waals surface area contributed by atoms with E-state index in [0.29, 0.717) is 12.1 Å². The predicted molar refractivity (Wildman–Crippen MR) is 69.0 cm³/mol. The van der Waals surface area contributed by atoms with Gasteiger partial charge in [0.05, 0.1) is 13.0 Å². The smallest absolute Gasteiger partial charge is 0.231 e. The molecule has 4 heteroatoms. The molecule has 0 radical (unpaired) electrons. The van der Waals surface area contributed by atoms with Crippen molar-refractivity contribution in [3.05, 3.63) is 29.8 Å². The van der Waals surface area contributed by atoms with E-state index in [9.17, 15) is 9.59 Å². The normalized spacial score (nSPS) is 9.22. The fourth-order valence-electron chi connectivity index (χ4n) is 1.29. The van der Waals surface area contributed by atoms with Gasteiger partial charge >= 0.3 is 0 Å². The summed E-state index contributed by atoms with van der Waals surface area (Å²) in [5.41, 5.74) is 1.45. The molecule has 1 amide bonds. The molecular weight excluding hydrogens is 230 g/mol. The standard InChI is InChI=1S/C14H15NO3/c1-11(17)10-14(18)15-13-7-5-12(6-8-13)4-2-3-9-16/h5-8,16H,3,9-10H2,1H3,(H,15,18). The quantitative estimate of drug-likeness (QED) is 0.621. The second-order valence-electron chi connectivity index (χ2n) is 3.78. The minimum Gasteiger partial charge on any atom is -0.395 e. The zero-order valence-electron chi connectivity index (χ0n) is 10.2. The molecule has 0 saturated carbocycles. The van der Waals surface area contributed by atoms with Crippen LogP contribution in [0.3, 0.4) is 0 Å². The van der Waals surface area contributed by atoms with Gasteiger partial charge in [-0.1, -0.05) is 11.8 Å². The van der Waals surface area contributed by atoms with Gasteiger partial charge in [-0.2, -0.15) is 0 Å². The third-order valence-electron chi connectivity index (χ3n) is 2.05. The topological polar surface area (TPSA) is 66.4 Å². The van der Waals surface area contributed by atoms with Crippen LogP contribution < -0.4 is 5.32 Å². The van der Waals surface area contributed by atoms with Crippen LogP contribution in [0.4, 0.5) is 5.69 Å². The highest BCUT2D eigenvalue weighted by molar-refractivity contribution is 6.03. The van der Waals surface area contributed by atoms with Gasteiger partial charge in [0.2, 0.25) is 5.91 Å². The predicted octanol–water partition coefficient (Wildman–Crippen LogP) is 1.34. The lowest BCUT2D eigenvalue weighted by molar-refractivity contribution is -0.124. The number of nitrogens with one attached hydrogen (secondary N) is 1. The van der Waals surface area contributed by atoms with Crippen LogP contribution in [-0.2, 0) is 9.59 Å². The van der Waals surface area contributed by atoms with Crippen LogP contribution in [0.1, 0.15) is 25.3 Å². The highest BCUT2D eigenvalue weighted by atomic mass is 16.2. The van der Waals surface area contributed by atoms with E-state index in [0.717, 1.165) is 5.56 Å². The molecule has 0 spiro atoms. The average molecular weight is 245 g/mol. The van der Waals surface area contributed by atoms with Crippen LogP contribution in [-0.4, -0.2) is 23.4 Å². The van der Waals surface area contributed by atoms with E-state index in [-0.39, 0.29) is 24.7 Å². The SMILES string of the molecule is CC(=O)CC(=O)Nc1ccc(C#CCCO)cc1. The Kier molecular flexibility index (Phi) is 5.62. The van der Waals surface area contributed by atoms with E-state index >= 15 is 0 Å². The summed E-state index contributed by atoms with van der Waals surface area (Å²) < 4.78 is 0. The van der Waals surface area contributed by atoms with Crippen molar-refractivity contribution >= 4 is 17.4 Å². The van der Waals surface area contributed by atoms with Crippen molar-refractivity contribution in [2.75, 3.05) is 11.9 Å². The Balaban J connectivity index is 2.58. The number of Topliss-reactive ketones (excluding diaryl/α,β-unsaturated/α-hetero) is 1. The summed E-state index contributed by atoms with van der Waals surface area (Å²) in [6.45, 7) is 1.42. The number of rotatable bonds is 4. The van der Waals surface area contributed by atoms with Crippen molar-refractivity contribution in [1.29, 1.82) is 0 Å². The van der Waals surface area contributed by atoms with E-state index in [1.54, 1.807) is 24.3 Å². The molecule has 2 N–H and O–H groups in total. The number of aliphatic hydroxyl groups excluding tert-OH is 1. The first kappa shape index (κ1) is 13.9. The Hall–Kier alpha value is -2.12. The zero-order valence-corrected chi connectivity index (χ0v) is 10.2. The first-order valence-corrected chi connectivity index (χ1v) is 5.61. The van der Waals surface area contributed by atoms with Crippen LogP contribution in [0.15, 0.2) is 24.3 Å². The molecule has 0 aromatic heterocycles. The van der Waals surface area contributed by atoms with Crippen molar-refractivity contribution < 1.29 is 14.7 Å². The Bertz CT molecular complexity index is 480. The molecule has 0 bridgehead atoms. The summed E-state index contributed by atoms with van der Waals surface area (Å²) in [5.74, 6) is 5.20. The summed E-state index contributed by atoms with van der Waals surface area (Å²) >= 11 is 0. The molecule has 1 aromatic carbocycles. The van der Waals surface area contributed by atoms with Gasteiger partial charge in [0.1, 0.15) is 5.78 Å². The minimum absolute atomic E-state index is 0.0478. The Morgan fingerprint density at radius 3 is 2.50 bits per heavy atom. The first-order valence-electron chi connectivity index (χ1n) is 5.61. The molecule has 4 nitrogen and oxygen atoms in total. The maximum absolute atomic E-state index is 11.3. The van der Waals surface area contributed by atoms with Gasteiger partial charge in [-0.3, -0.25) is 9.59 Å². The summed E-state index contributed by atoms with van der Waals surface area (Å²) in [4.78, 5) is 22.1. The molecule has 0 saturated heterocycles. The summed E-state index contributed by atoms with van der Waals surface area (Å²) in [6.07, 6.45) is 0.329. The Labute approximate surface area is 106 Å². The fourth-order valence-corrected chi connectivity index (χ4v) is 1.29. The van der Waals surface area contributed by atoms with Crippen LogP contribution in [0.5, 0.6) is 0 Å². The maximum atomic E-state index is 11.3. The van der Waals surface area contributed by atoms with Gasteiger partial charge in [-0.15, -0.1) is 0 Å². The maximum Gasteiger partial charge on any atom is 0.231 e. The first-order chi connectivity index (χ1) is 8.61. The zero-order chi connectivity index (χ0) is 13.4. The number of aliphatic hydroxyl groups is 1. The number of carbonyl (C=O) groups excluding carboxylic acids is 2. The number of anilines is 1. The fraction of sp³-hybridized carbons (Fsp3) is 0.286. The number of hydrogen-bond acceptors (Lipinski definition) is 3. The molecule has 0 heterocycles. The molecule has 0 aliphatic heterocycles. The molecule has 0 unspecified atom stereocenters. The molecule has 1 rings (SSSR count). The Morgan fingerprint density at radius 1 is 1.28 bits per heavy atom. The molecule has 0 aliphatic carbocycles. The minimum atomic E-state index is -0.318. The van der Waals surface area contributed by atoms with Gasteiger partial charge in [-0.05, 0) is 31.2 Å². The number of ketones is 1. The van der Waals surface area contributed by atoms with Gasteiger partial charge < -0.3 is 10.4 Å². The summed E-state index contributed by atoms with van der Waals surface area (Å²) in [6, 6.07) is 6.99. The summed E-state index contributed by atoms with van der Waals surface area (Å²) in [5, 5.41) is 11.2. The molecule has 0 aliphatic rings. The van der Waals surface area contributed by atoms with E-state index in [4.69, 9.17) is 5.11 Å².